The van der Waals surface area contributed by atoms with Crippen molar-refractivity contribution in [3.05, 3.63) is 93.5 Å². The van der Waals surface area contributed by atoms with Crippen LogP contribution >= 0.6 is 23.2 Å². The summed E-state index contributed by atoms with van der Waals surface area (Å²) in [5, 5.41) is 12.8. The van der Waals surface area contributed by atoms with Crippen LogP contribution in [-0.2, 0) is 16.0 Å². The van der Waals surface area contributed by atoms with Crippen molar-refractivity contribution in [2.24, 2.45) is 4.99 Å². The fourth-order valence-electron chi connectivity index (χ4n) is 4.29. The third kappa shape index (κ3) is 4.13. The van der Waals surface area contributed by atoms with Gasteiger partial charge in [0, 0.05) is 46.3 Å². The Morgan fingerprint density at radius 3 is 2.68 bits per heavy atom. The molecule has 0 saturated carbocycles. The van der Waals surface area contributed by atoms with Crippen molar-refractivity contribution in [2.75, 3.05) is 18.5 Å². The molecule has 2 N–H and O–H groups in total. The van der Waals surface area contributed by atoms with Crippen LogP contribution in [0.1, 0.15) is 29.2 Å². The lowest BCUT2D eigenvalue weighted by molar-refractivity contribution is -0.124. The molecule has 1 amide bonds. The minimum absolute atomic E-state index is 0.0741. The van der Waals surface area contributed by atoms with Crippen LogP contribution in [0.3, 0.4) is 0 Å². The second-order valence-electron chi connectivity index (χ2n) is 8.24. The average molecular weight is 497 g/mol. The fourth-order valence-corrected chi connectivity index (χ4v) is 4.80. The first-order chi connectivity index (χ1) is 16.5. The molecular formula is C26H22Cl2N2O4. The standard InChI is InChI=1S/C26H22Cl2N2O4/c27-18-8-11-20(21(28)14-18)23-26(15-17-4-1-2-5-22(17)29-25(26)32)30-24(34-23)16-6-9-19(10-7-16)33-13-3-12-31/h1-2,4-11,14,23,31H,3,12-13,15H2,(H,29,32)/t23-,26-/m0/s1. The number of carbonyl (C=O) groups excluding carboxylic acids is 1. The molecule has 0 saturated heterocycles. The van der Waals surface area contributed by atoms with E-state index in [-0.39, 0.29) is 12.5 Å². The highest BCUT2D eigenvalue weighted by Gasteiger charge is 2.55. The topological polar surface area (TPSA) is 80.2 Å². The van der Waals surface area contributed by atoms with Gasteiger partial charge in [0.15, 0.2) is 11.6 Å². The second kappa shape index (κ2) is 9.29. The van der Waals surface area contributed by atoms with E-state index >= 15 is 0 Å². The third-order valence-corrected chi connectivity index (χ3v) is 6.56. The van der Waals surface area contributed by atoms with Gasteiger partial charge in [0.2, 0.25) is 5.90 Å². The zero-order valence-corrected chi connectivity index (χ0v) is 19.6. The Hall–Kier alpha value is -3.06. The molecule has 2 aliphatic rings. The summed E-state index contributed by atoms with van der Waals surface area (Å²) in [4.78, 5) is 18.4. The van der Waals surface area contributed by atoms with E-state index in [1.165, 1.54) is 0 Å². The van der Waals surface area contributed by atoms with Gasteiger partial charge in [-0.15, -0.1) is 0 Å². The Morgan fingerprint density at radius 1 is 1.12 bits per heavy atom. The molecule has 0 aromatic heterocycles. The van der Waals surface area contributed by atoms with Crippen LogP contribution in [0.15, 0.2) is 71.7 Å². The van der Waals surface area contributed by atoms with Crippen LogP contribution in [0.2, 0.25) is 10.0 Å². The largest absolute Gasteiger partial charge is 0.494 e. The number of rotatable bonds is 6. The average Bonchev–Trinajstić information content (AvgIpc) is 3.20. The number of halogens is 2. The molecule has 0 bridgehead atoms. The van der Waals surface area contributed by atoms with Gasteiger partial charge in [-0.2, -0.15) is 0 Å². The zero-order chi connectivity index (χ0) is 23.7. The molecule has 174 valence electrons. The zero-order valence-electron chi connectivity index (χ0n) is 18.1. The highest BCUT2D eigenvalue weighted by Crippen LogP contribution is 2.47. The van der Waals surface area contributed by atoms with Gasteiger partial charge in [0.1, 0.15) is 5.75 Å². The summed E-state index contributed by atoms with van der Waals surface area (Å²) in [6.07, 6.45) is 0.186. The number of ether oxygens (including phenoxy) is 2. The molecule has 6 nitrogen and oxygen atoms in total. The van der Waals surface area contributed by atoms with Crippen molar-refractivity contribution in [1.82, 2.24) is 0 Å². The smallest absolute Gasteiger partial charge is 0.257 e. The molecule has 5 rings (SSSR count). The van der Waals surface area contributed by atoms with Crippen LogP contribution in [0.4, 0.5) is 5.69 Å². The van der Waals surface area contributed by atoms with Gasteiger partial charge in [-0.3, -0.25) is 4.79 Å². The number of benzene rings is 3. The van der Waals surface area contributed by atoms with Crippen molar-refractivity contribution in [1.29, 1.82) is 0 Å². The second-order valence-corrected chi connectivity index (χ2v) is 9.09. The number of para-hydroxylation sites is 1. The Morgan fingerprint density at radius 2 is 1.91 bits per heavy atom. The number of anilines is 1. The Labute approximate surface area is 207 Å². The molecule has 34 heavy (non-hydrogen) atoms. The molecule has 0 unspecified atom stereocenters. The highest BCUT2D eigenvalue weighted by atomic mass is 35.5. The molecule has 2 heterocycles. The number of hydrogen-bond donors (Lipinski definition) is 2. The lowest BCUT2D eigenvalue weighted by atomic mass is 9.79. The van der Waals surface area contributed by atoms with E-state index in [9.17, 15) is 4.79 Å². The monoisotopic (exact) mass is 496 g/mol. The summed E-state index contributed by atoms with van der Waals surface area (Å²) in [6.45, 7) is 0.498. The summed E-state index contributed by atoms with van der Waals surface area (Å²) in [6, 6.07) is 20.1. The number of hydrogen-bond acceptors (Lipinski definition) is 5. The molecule has 1 spiro atoms. The summed E-state index contributed by atoms with van der Waals surface area (Å²) < 4.78 is 12.0. The van der Waals surface area contributed by atoms with Gasteiger partial charge in [0.25, 0.3) is 5.91 Å². The number of nitrogens with one attached hydrogen (secondary N) is 1. The first-order valence-corrected chi connectivity index (χ1v) is 11.7. The van der Waals surface area contributed by atoms with Crippen molar-refractivity contribution in [2.45, 2.75) is 24.5 Å². The summed E-state index contributed by atoms with van der Waals surface area (Å²) in [7, 11) is 0. The molecule has 0 fully saturated rings. The molecule has 0 radical (unpaired) electrons. The SMILES string of the molecule is O=C1Nc2ccccc2C[C@@]12N=C(c1ccc(OCCCO)cc1)O[C@H]2c1ccc(Cl)cc1Cl. The number of aliphatic hydroxyl groups excluding tert-OH is 1. The van der Waals surface area contributed by atoms with Crippen LogP contribution in [0, 0.1) is 0 Å². The maximum absolute atomic E-state index is 13.5. The molecular weight excluding hydrogens is 475 g/mol. The number of aliphatic imine (C=N–C) groups is 1. The minimum atomic E-state index is -1.22. The molecule has 0 aliphatic carbocycles. The van der Waals surface area contributed by atoms with Crippen molar-refractivity contribution in [3.8, 4) is 5.75 Å². The lowest BCUT2D eigenvalue weighted by Gasteiger charge is -2.35. The minimum Gasteiger partial charge on any atom is -0.494 e. The Kier molecular flexibility index (Phi) is 6.21. The van der Waals surface area contributed by atoms with Crippen molar-refractivity contribution >= 4 is 40.7 Å². The molecule has 2 atom stereocenters. The molecule has 8 heteroatoms. The van der Waals surface area contributed by atoms with E-state index in [1.807, 2.05) is 48.5 Å². The third-order valence-electron chi connectivity index (χ3n) is 6.00. The van der Waals surface area contributed by atoms with Crippen LogP contribution < -0.4 is 10.1 Å². The van der Waals surface area contributed by atoms with Crippen molar-refractivity contribution < 1.29 is 19.4 Å². The number of aliphatic hydroxyl groups is 1. The van der Waals surface area contributed by atoms with Gasteiger partial charge >= 0.3 is 0 Å². The van der Waals surface area contributed by atoms with Gasteiger partial charge in [-0.1, -0.05) is 47.5 Å². The molecule has 3 aromatic rings. The van der Waals surface area contributed by atoms with E-state index in [4.69, 9.17) is 42.8 Å². The van der Waals surface area contributed by atoms with Gasteiger partial charge in [-0.05, 0) is 48.0 Å². The van der Waals surface area contributed by atoms with Crippen LogP contribution in [-0.4, -0.2) is 35.7 Å². The molecule has 3 aromatic carbocycles. The highest BCUT2D eigenvalue weighted by molar-refractivity contribution is 6.35. The van der Waals surface area contributed by atoms with Crippen LogP contribution in [0.25, 0.3) is 0 Å². The quantitative estimate of drug-likeness (QED) is 0.459. The first-order valence-electron chi connectivity index (χ1n) is 10.9. The Bertz CT molecular complexity index is 1260. The summed E-state index contributed by atoms with van der Waals surface area (Å²) in [5.74, 6) is 0.778. The normalized spacial score (nSPS) is 21.0. The van der Waals surface area contributed by atoms with Gasteiger partial charge in [0.05, 0.1) is 6.61 Å². The first kappa shape index (κ1) is 22.7. The number of nitrogens with zero attached hydrogens (tertiary/aromatic N) is 1. The predicted molar refractivity (Wildman–Crippen MR) is 132 cm³/mol. The predicted octanol–water partition coefficient (Wildman–Crippen LogP) is 5.21. The maximum atomic E-state index is 13.5. The lowest BCUT2D eigenvalue weighted by Crippen LogP contribution is -2.49. The van der Waals surface area contributed by atoms with E-state index in [0.717, 1.165) is 11.3 Å². The maximum Gasteiger partial charge on any atom is 0.257 e. The van der Waals surface area contributed by atoms with E-state index in [0.29, 0.717) is 52.3 Å². The molecule has 2 aliphatic heterocycles. The van der Waals surface area contributed by atoms with Gasteiger partial charge in [-0.25, -0.2) is 4.99 Å². The fraction of sp³-hybridized carbons (Fsp3) is 0.231. The summed E-state index contributed by atoms with van der Waals surface area (Å²) in [5.41, 5.74) is 1.87. The van der Waals surface area contributed by atoms with Gasteiger partial charge < -0.3 is 19.9 Å². The van der Waals surface area contributed by atoms with E-state index in [1.54, 1.807) is 18.2 Å². The van der Waals surface area contributed by atoms with Crippen LogP contribution in [0.5, 0.6) is 5.75 Å². The van der Waals surface area contributed by atoms with E-state index in [2.05, 4.69) is 5.32 Å². The Balaban J connectivity index is 1.54. The number of amides is 1. The van der Waals surface area contributed by atoms with Crippen molar-refractivity contribution in [3.63, 3.8) is 0 Å². The van der Waals surface area contributed by atoms with E-state index < -0.39 is 11.6 Å². The number of carbonyl (C=O) groups is 1. The summed E-state index contributed by atoms with van der Waals surface area (Å²) >= 11 is 12.7. The number of fused-ring (bicyclic) bond motifs is 1.